The van der Waals surface area contributed by atoms with Gasteiger partial charge in [0.05, 0.1) is 0 Å². The van der Waals surface area contributed by atoms with Crippen LogP contribution in [0.2, 0.25) is 0 Å². The van der Waals surface area contributed by atoms with E-state index in [0.717, 1.165) is 49.2 Å². The third-order valence-electron chi connectivity index (χ3n) is 6.05. The molecule has 24 heavy (non-hydrogen) atoms. The Balaban J connectivity index is 1.23. The van der Waals surface area contributed by atoms with Crippen LogP contribution in [0.1, 0.15) is 55.3 Å². The lowest BCUT2D eigenvalue weighted by Crippen LogP contribution is -2.27. The number of carbonyl (C=O) groups is 2. The normalized spacial score (nSPS) is 27.9. The Bertz CT molecular complexity index is 621. The van der Waals surface area contributed by atoms with Crippen molar-refractivity contribution in [3.8, 4) is 0 Å². The Morgan fingerprint density at radius 2 is 1.79 bits per heavy atom. The molecule has 1 aromatic rings. The lowest BCUT2D eigenvalue weighted by molar-refractivity contribution is -0.117. The van der Waals surface area contributed by atoms with Crippen LogP contribution in [0, 0.1) is 23.7 Å². The van der Waals surface area contributed by atoms with Gasteiger partial charge in [-0.1, -0.05) is 6.42 Å². The van der Waals surface area contributed by atoms with Crippen molar-refractivity contribution in [2.75, 3.05) is 11.9 Å². The summed E-state index contributed by atoms with van der Waals surface area (Å²) >= 11 is 0. The summed E-state index contributed by atoms with van der Waals surface area (Å²) in [4.78, 5) is 24.0. The van der Waals surface area contributed by atoms with Crippen LogP contribution in [-0.4, -0.2) is 18.4 Å². The number of anilines is 1. The zero-order valence-corrected chi connectivity index (χ0v) is 14.1. The zero-order chi connectivity index (χ0) is 16.5. The Morgan fingerprint density at radius 3 is 2.42 bits per heavy atom. The van der Waals surface area contributed by atoms with E-state index < -0.39 is 0 Å². The second-order valence-corrected chi connectivity index (χ2v) is 7.82. The summed E-state index contributed by atoms with van der Waals surface area (Å²) in [5, 5.41) is 5.94. The molecule has 0 spiro atoms. The molecule has 1 aromatic carbocycles. The van der Waals surface area contributed by atoms with Gasteiger partial charge < -0.3 is 10.6 Å². The number of benzene rings is 1. The molecule has 0 heterocycles. The minimum Gasteiger partial charge on any atom is -0.352 e. The van der Waals surface area contributed by atoms with Gasteiger partial charge in [-0.3, -0.25) is 9.59 Å². The highest BCUT2D eigenvalue weighted by atomic mass is 16.2. The molecule has 128 valence electrons. The van der Waals surface area contributed by atoms with Gasteiger partial charge in [0.1, 0.15) is 0 Å². The Morgan fingerprint density at radius 1 is 1.00 bits per heavy atom. The molecule has 3 aliphatic carbocycles. The summed E-state index contributed by atoms with van der Waals surface area (Å²) in [6.07, 6.45) is 8.73. The van der Waals surface area contributed by atoms with E-state index in [-0.39, 0.29) is 17.7 Å². The highest BCUT2D eigenvalue weighted by Gasteiger charge is 2.38. The average Bonchev–Trinajstić information content (AvgIpc) is 3.25. The minimum atomic E-state index is -0.0155. The number of carbonyl (C=O) groups excluding carboxylic acids is 2. The third kappa shape index (κ3) is 3.47. The molecule has 2 N–H and O–H groups in total. The van der Waals surface area contributed by atoms with Crippen LogP contribution in [0.5, 0.6) is 0 Å². The number of amides is 2. The molecule has 3 fully saturated rings. The van der Waals surface area contributed by atoms with Crippen LogP contribution in [-0.2, 0) is 4.79 Å². The van der Waals surface area contributed by atoms with Gasteiger partial charge in [0, 0.05) is 23.7 Å². The van der Waals surface area contributed by atoms with Gasteiger partial charge >= 0.3 is 0 Å². The molecule has 4 heteroatoms. The van der Waals surface area contributed by atoms with Crippen molar-refractivity contribution in [1.29, 1.82) is 0 Å². The van der Waals surface area contributed by atoms with Gasteiger partial charge in [-0.25, -0.2) is 0 Å². The molecule has 0 aliphatic heterocycles. The van der Waals surface area contributed by atoms with Crippen LogP contribution >= 0.6 is 0 Å². The predicted molar refractivity (Wildman–Crippen MR) is 93.7 cm³/mol. The molecular formula is C20H26N2O2. The lowest BCUT2D eigenvalue weighted by atomic mass is 9.86. The summed E-state index contributed by atoms with van der Waals surface area (Å²) in [6.45, 7) is 0.771. The highest BCUT2D eigenvalue weighted by molar-refractivity contribution is 5.96. The molecule has 4 nitrogen and oxygen atoms in total. The molecule has 3 saturated carbocycles. The summed E-state index contributed by atoms with van der Waals surface area (Å²) in [7, 11) is 0. The van der Waals surface area contributed by atoms with Gasteiger partial charge in [-0.05, 0) is 80.5 Å². The van der Waals surface area contributed by atoms with Crippen molar-refractivity contribution in [3.05, 3.63) is 29.8 Å². The third-order valence-corrected chi connectivity index (χ3v) is 6.05. The average molecular weight is 326 g/mol. The van der Waals surface area contributed by atoms with E-state index in [1.165, 1.54) is 25.7 Å². The lowest BCUT2D eigenvalue weighted by Gasteiger charge is -2.21. The van der Waals surface area contributed by atoms with E-state index in [1.807, 2.05) is 12.1 Å². The van der Waals surface area contributed by atoms with E-state index in [9.17, 15) is 9.59 Å². The van der Waals surface area contributed by atoms with Gasteiger partial charge in [0.2, 0.25) is 5.91 Å². The quantitative estimate of drug-likeness (QED) is 0.839. The fourth-order valence-electron chi connectivity index (χ4n) is 4.50. The topological polar surface area (TPSA) is 58.2 Å². The first-order chi connectivity index (χ1) is 11.7. The van der Waals surface area contributed by atoms with Crippen molar-refractivity contribution in [2.45, 2.75) is 44.9 Å². The standard InChI is InChI=1S/C20H26N2O2/c23-19(21-10-9-17-12-13-1-2-16(17)11-13)14-5-7-18(8-6-14)22-20(24)15-3-4-15/h5-8,13,15-17H,1-4,9-12H2,(H,21,23)(H,22,24). The maximum Gasteiger partial charge on any atom is 0.251 e. The van der Waals surface area contributed by atoms with Crippen LogP contribution in [0.25, 0.3) is 0 Å². The molecule has 2 amide bonds. The van der Waals surface area contributed by atoms with E-state index in [1.54, 1.807) is 12.1 Å². The van der Waals surface area contributed by atoms with Crippen molar-refractivity contribution < 1.29 is 9.59 Å². The van der Waals surface area contributed by atoms with Gasteiger partial charge in [-0.15, -0.1) is 0 Å². The Kier molecular flexibility index (Phi) is 4.30. The van der Waals surface area contributed by atoms with E-state index in [0.29, 0.717) is 5.56 Å². The molecule has 2 bridgehead atoms. The summed E-state index contributed by atoms with van der Waals surface area (Å²) in [6, 6.07) is 7.20. The number of rotatable bonds is 6. The molecular weight excluding hydrogens is 300 g/mol. The van der Waals surface area contributed by atoms with Gasteiger partial charge in [0.25, 0.3) is 5.91 Å². The first-order valence-corrected chi connectivity index (χ1v) is 9.38. The van der Waals surface area contributed by atoms with Crippen molar-refractivity contribution in [1.82, 2.24) is 5.32 Å². The maximum atomic E-state index is 12.2. The van der Waals surface area contributed by atoms with Crippen molar-refractivity contribution >= 4 is 17.5 Å². The van der Waals surface area contributed by atoms with Crippen molar-refractivity contribution in [2.24, 2.45) is 23.7 Å². The summed E-state index contributed by atoms with van der Waals surface area (Å²) < 4.78 is 0. The first-order valence-electron chi connectivity index (χ1n) is 9.38. The monoisotopic (exact) mass is 326 g/mol. The summed E-state index contributed by atoms with van der Waals surface area (Å²) in [5.41, 5.74) is 1.43. The maximum absolute atomic E-state index is 12.2. The fourth-order valence-corrected chi connectivity index (χ4v) is 4.50. The van der Waals surface area contributed by atoms with Crippen LogP contribution in [0.15, 0.2) is 24.3 Å². The first kappa shape index (κ1) is 15.7. The zero-order valence-electron chi connectivity index (χ0n) is 14.1. The molecule has 4 rings (SSSR count). The fraction of sp³-hybridized carbons (Fsp3) is 0.600. The van der Waals surface area contributed by atoms with Gasteiger partial charge in [-0.2, -0.15) is 0 Å². The SMILES string of the molecule is O=C(NCCC1CC2CCC1C2)c1ccc(NC(=O)C2CC2)cc1. The van der Waals surface area contributed by atoms with Gasteiger partial charge in [0.15, 0.2) is 0 Å². The predicted octanol–water partition coefficient (Wildman–Crippen LogP) is 3.59. The molecule has 0 aromatic heterocycles. The van der Waals surface area contributed by atoms with Crippen molar-refractivity contribution in [3.63, 3.8) is 0 Å². The molecule has 3 aliphatic rings. The minimum absolute atomic E-state index is 0.0155. The second kappa shape index (κ2) is 6.58. The van der Waals surface area contributed by atoms with Crippen LogP contribution < -0.4 is 10.6 Å². The van der Waals surface area contributed by atoms with Crippen LogP contribution in [0.4, 0.5) is 5.69 Å². The molecule has 0 saturated heterocycles. The van der Waals surface area contributed by atoms with E-state index in [4.69, 9.17) is 0 Å². The highest BCUT2D eigenvalue weighted by Crippen LogP contribution is 2.49. The second-order valence-electron chi connectivity index (χ2n) is 7.82. The summed E-state index contributed by atoms with van der Waals surface area (Å²) in [5.74, 6) is 2.98. The number of fused-ring (bicyclic) bond motifs is 2. The Labute approximate surface area is 143 Å². The molecule has 0 radical (unpaired) electrons. The number of nitrogens with one attached hydrogen (secondary N) is 2. The largest absolute Gasteiger partial charge is 0.352 e. The van der Waals surface area contributed by atoms with Crippen LogP contribution in [0.3, 0.4) is 0 Å². The number of hydrogen-bond acceptors (Lipinski definition) is 2. The van der Waals surface area contributed by atoms with E-state index >= 15 is 0 Å². The Hall–Kier alpha value is -1.84. The smallest absolute Gasteiger partial charge is 0.251 e. The van der Waals surface area contributed by atoms with E-state index in [2.05, 4.69) is 10.6 Å². The molecule has 3 atom stereocenters. The number of hydrogen-bond donors (Lipinski definition) is 2. The molecule has 3 unspecified atom stereocenters.